The summed E-state index contributed by atoms with van der Waals surface area (Å²) < 4.78 is 13.0. The monoisotopic (exact) mass is 334 g/mol. The minimum atomic E-state index is -0.879. The van der Waals surface area contributed by atoms with Gasteiger partial charge in [-0.3, -0.25) is 4.79 Å². The lowest BCUT2D eigenvalue weighted by Crippen LogP contribution is -2.36. The molecule has 0 spiro atoms. The number of nitrogens with zero attached hydrogens (tertiary/aromatic N) is 2. The Morgan fingerprint density at radius 3 is 2.65 bits per heavy atom. The Bertz CT molecular complexity index is 704. The maximum Gasteiger partial charge on any atom is 0.257 e. The lowest BCUT2D eigenvalue weighted by Gasteiger charge is -2.25. The van der Waals surface area contributed by atoms with Crippen molar-refractivity contribution in [2.45, 2.75) is 25.0 Å². The van der Waals surface area contributed by atoms with E-state index in [0.717, 1.165) is 12.8 Å². The van der Waals surface area contributed by atoms with E-state index in [1.54, 1.807) is 17.0 Å². The molecule has 3 rings (SSSR count). The maximum absolute atomic E-state index is 13.0. The van der Waals surface area contributed by atoms with Crippen molar-refractivity contribution in [1.82, 2.24) is 9.88 Å². The number of carbonyl (C=O) groups is 1. The normalized spacial score (nSPS) is 15.3. The van der Waals surface area contributed by atoms with Crippen molar-refractivity contribution in [3.63, 3.8) is 0 Å². The number of aromatic nitrogens is 1. The number of aliphatic hydroxyl groups is 1. The van der Waals surface area contributed by atoms with Crippen LogP contribution < -0.4 is 0 Å². The summed E-state index contributed by atoms with van der Waals surface area (Å²) in [5.41, 5.74) is 0.898. The number of hydrogen-bond donors (Lipinski definition) is 1. The van der Waals surface area contributed by atoms with Gasteiger partial charge in [0.15, 0.2) is 0 Å². The zero-order valence-corrected chi connectivity index (χ0v) is 13.1. The van der Waals surface area contributed by atoms with Crippen molar-refractivity contribution in [3.8, 4) is 0 Å². The summed E-state index contributed by atoms with van der Waals surface area (Å²) in [6, 6.07) is 9.01. The number of aliphatic hydroxyl groups excluding tert-OH is 1. The van der Waals surface area contributed by atoms with E-state index in [2.05, 4.69) is 4.98 Å². The van der Waals surface area contributed by atoms with Crippen LogP contribution in [0.1, 0.15) is 34.9 Å². The Kier molecular flexibility index (Phi) is 4.59. The van der Waals surface area contributed by atoms with Crippen LogP contribution in [0.2, 0.25) is 5.15 Å². The SMILES string of the molecule is O=C(c1cccnc1Cl)N(CC(O)c1ccc(F)cc1)C1CC1. The van der Waals surface area contributed by atoms with Gasteiger partial charge in [0.05, 0.1) is 18.2 Å². The molecule has 1 saturated carbocycles. The zero-order chi connectivity index (χ0) is 16.4. The second kappa shape index (κ2) is 6.64. The van der Waals surface area contributed by atoms with Crippen LogP contribution in [-0.2, 0) is 0 Å². The van der Waals surface area contributed by atoms with Gasteiger partial charge in [0.2, 0.25) is 0 Å². The van der Waals surface area contributed by atoms with E-state index in [1.807, 2.05) is 0 Å². The summed E-state index contributed by atoms with van der Waals surface area (Å²) in [4.78, 5) is 18.2. The molecule has 6 heteroatoms. The minimum absolute atomic E-state index is 0.105. The molecule has 2 aromatic rings. The number of hydrogen-bond acceptors (Lipinski definition) is 3. The average Bonchev–Trinajstić information content (AvgIpc) is 3.37. The highest BCUT2D eigenvalue weighted by molar-refractivity contribution is 6.32. The third-order valence-corrected chi connectivity index (χ3v) is 4.16. The number of halogens is 2. The standard InChI is InChI=1S/C17H16ClFN2O2/c18-16-14(2-1-9-20-16)17(23)21(13-7-8-13)10-15(22)11-3-5-12(19)6-4-11/h1-6,9,13,15,22H,7-8,10H2. The van der Waals surface area contributed by atoms with E-state index < -0.39 is 6.10 Å². The Morgan fingerprint density at radius 1 is 1.35 bits per heavy atom. The van der Waals surface area contributed by atoms with Gasteiger partial charge in [0.25, 0.3) is 5.91 Å². The molecule has 1 aromatic carbocycles. The molecule has 120 valence electrons. The lowest BCUT2D eigenvalue weighted by atomic mass is 10.1. The topological polar surface area (TPSA) is 53.4 Å². The summed E-state index contributed by atoms with van der Waals surface area (Å²) in [5.74, 6) is -0.607. The van der Waals surface area contributed by atoms with E-state index in [0.29, 0.717) is 11.1 Å². The van der Waals surface area contributed by atoms with Crippen molar-refractivity contribution >= 4 is 17.5 Å². The fourth-order valence-corrected chi connectivity index (χ4v) is 2.66. The quantitative estimate of drug-likeness (QED) is 0.854. The average molecular weight is 335 g/mol. The van der Waals surface area contributed by atoms with Crippen molar-refractivity contribution < 1.29 is 14.3 Å². The van der Waals surface area contributed by atoms with Crippen LogP contribution in [-0.4, -0.2) is 33.5 Å². The summed E-state index contributed by atoms with van der Waals surface area (Å²) in [7, 11) is 0. The number of rotatable bonds is 5. The van der Waals surface area contributed by atoms with Crippen LogP contribution in [0.25, 0.3) is 0 Å². The highest BCUT2D eigenvalue weighted by Gasteiger charge is 2.35. The first-order valence-electron chi connectivity index (χ1n) is 7.41. The molecule has 1 aromatic heterocycles. The molecule has 4 nitrogen and oxygen atoms in total. The van der Waals surface area contributed by atoms with Crippen molar-refractivity contribution in [2.75, 3.05) is 6.54 Å². The molecule has 1 atom stereocenters. The Hall–Kier alpha value is -1.98. The Morgan fingerprint density at radius 2 is 2.04 bits per heavy atom. The van der Waals surface area contributed by atoms with Gasteiger partial charge < -0.3 is 10.0 Å². The molecule has 1 unspecified atom stereocenters. The first kappa shape index (κ1) is 15.9. The van der Waals surface area contributed by atoms with Crippen LogP contribution in [0.3, 0.4) is 0 Å². The van der Waals surface area contributed by atoms with Crippen LogP contribution in [0.4, 0.5) is 4.39 Å². The molecule has 1 amide bonds. The van der Waals surface area contributed by atoms with Gasteiger partial charge in [0.1, 0.15) is 11.0 Å². The fourth-order valence-electron chi connectivity index (χ4n) is 2.46. The van der Waals surface area contributed by atoms with Gasteiger partial charge in [0, 0.05) is 12.2 Å². The van der Waals surface area contributed by atoms with Crippen molar-refractivity contribution in [2.24, 2.45) is 0 Å². The third-order valence-electron chi connectivity index (χ3n) is 3.86. The van der Waals surface area contributed by atoms with Crippen LogP contribution >= 0.6 is 11.6 Å². The highest BCUT2D eigenvalue weighted by atomic mass is 35.5. The van der Waals surface area contributed by atoms with Gasteiger partial charge in [-0.15, -0.1) is 0 Å². The van der Waals surface area contributed by atoms with Crippen LogP contribution in [0.5, 0.6) is 0 Å². The molecular formula is C17H16ClFN2O2. The highest BCUT2D eigenvalue weighted by Crippen LogP contribution is 2.31. The molecular weight excluding hydrogens is 319 g/mol. The number of benzene rings is 1. The Labute approximate surface area is 138 Å². The lowest BCUT2D eigenvalue weighted by molar-refractivity contribution is 0.0603. The van der Waals surface area contributed by atoms with Gasteiger partial charge in [-0.05, 0) is 42.7 Å². The minimum Gasteiger partial charge on any atom is -0.387 e. The smallest absolute Gasteiger partial charge is 0.257 e. The third kappa shape index (κ3) is 3.68. The van der Waals surface area contributed by atoms with E-state index >= 15 is 0 Å². The van der Waals surface area contributed by atoms with Crippen molar-refractivity contribution in [3.05, 3.63) is 64.7 Å². The van der Waals surface area contributed by atoms with Crippen LogP contribution in [0.15, 0.2) is 42.6 Å². The molecule has 0 saturated heterocycles. The predicted molar refractivity (Wildman–Crippen MR) is 84.7 cm³/mol. The van der Waals surface area contributed by atoms with E-state index in [9.17, 15) is 14.3 Å². The first-order chi connectivity index (χ1) is 11.1. The summed E-state index contributed by atoms with van der Waals surface area (Å²) in [6.07, 6.45) is 2.45. The fraction of sp³-hybridized carbons (Fsp3) is 0.294. The van der Waals surface area contributed by atoms with Crippen LogP contribution in [0, 0.1) is 5.82 Å². The molecule has 1 N–H and O–H groups in total. The molecule has 1 aliphatic rings. The molecule has 0 radical (unpaired) electrons. The van der Waals surface area contributed by atoms with E-state index in [1.165, 1.54) is 30.5 Å². The molecule has 1 aliphatic carbocycles. The van der Waals surface area contributed by atoms with E-state index in [-0.39, 0.29) is 29.5 Å². The zero-order valence-electron chi connectivity index (χ0n) is 12.3. The van der Waals surface area contributed by atoms with Crippen molar-refractivity contribution in [1.29, 1.82) is 0 Å². The summed E-state index contributed by atoms with van der Waals surface area (Å²) in [6.45, 7) is 0.139. The number of pyridine rings is 1. The first-order valence-corrected chi connectivity index (χ1v) is 7.79. The largest absolute Gasteiger partial charge is 0.387 e. The molecule has 1 heterocycles. The summed E-state index contributed by atoms with van der Waals surface area (Å²) >= 11 is 6.00. The molecule has 23 heavy (non-hydrogen) atoms. The second-order valence-corrected chi connectivity index (χ2v) is 5.96. The maximum atomic E-state index is 13.0. The number of carbonyl (C=O) groups excluding carboxylic acids is 1. The number of amides is 1. The molecule has 1 fully saturated rings. The van der Waals surface area contributed by atoms with Gasteiger partial charge >= 0.3 is 0 Å². The van der Waals surface area contributed by atoms with E-state index in [4.69, 9.17) is 11.6 Å². The second-order valence-electron chi connectivity index (χ2n) is 5.60. The van der Waals surface area contributed by atoms with Gasteiger partial charge in [-0.1, -0.05) is 23.7 Å². The molecule has 0 aliphatic heterocycles. The predicted octanol–water partition coefficient (Wildman–Crippen LogP) is 3.21. The van der Waals surface area contributed by atoms with Gasteiger partial charge in [-0.2, -0.15) is 0 Å². The Balaban J connectivity index is 1.78. The van der Waals surface area contributed by atoms with Gasteiger partial charge in [-0.25, -0.2) is 9.37 Å². The summed E-state index contributed by atoms with van der Waals surface area (Å²) in [5, 5.41) is 10.5. The molecule has 0 bridgehead atoms.